The zero-order valence-corrected chi connectivity index (χ0v) is 7.90. The summed E-state index contributed by atoms with van der Waals surface area (Å²) in [5.41, 5.74) is 5.52. The molecule has 0 saturated carbocycles. The number of nitrogens with zero attached hydrogens (tertiary/aromatic N) is 1. The first kappa shape index (κ1) is 9.08. The van der Waals surface area contributed by atoms with Crippen molar-refractivity contribution in [3.63, 3.8) is 0 Å². The van der Waals surface area contributed by atoms with Crippen molar-refractivity contribution in [3.05, 3.63) is 17.9 Å². The smallest absolute Gasteiger partial charge is 0.417 e. The molecule has 5 nitrogen and oxygen atoms in total. The highest BCUT2D eigenvalue weighted by Gasteiger charge is 2.34. The third kappa shape index (κ3) is 1.35. The lowest BCUT2D eigenvalue weighted by Gasteiger charge is -2.16. The molecule has 0 radical (unpaired) electrons. The fourth-order valence-corrected chi connectivity index (χ4v) is 1.46. The van der Waals surface area contributed by atoms with E-state index in [0.717, 1.165) is 5.76 Å². The number of aryl methyl sites for hydroxylation is 1. The van der Waals surface area contributed by atoms with E-state index >= 15 is 0 Å². The molecule has 0 aliphatic carbocycles. The molecule has 2 N–H and O–H groups in total. The van der Waals surface area contributed by atoms with Crippen LogP contribution in [0.2, 0.25) is 0 Å². The van der Waals surface area contributed by atoms with Crippen molar-refractivity contribution < 1.29 is 13.9 Å². The van der Waals surface area contributed by atoms with Gasteiger partial charge in [-0.25, -0.2) is 9.69 Å². The lowest BCUT2D eigenvalue weighted by Crippen LogP contribution is -2.38. The molecule has 2 rings (SSSR count). The molecule has 1 aromatic rings. The van der Waals surface area contributed by atoms with E-state index in [1.807, 2.05) is 6.92 Å². The van der Waals surface area contributed by atoms with Gasteiger partial charge in [-0.3, -0.25) is 0 Å². The summed E-state index contributed by atoms with van der Waals surface area (Å²) in [6.07, 6.45) is -0.394. The zero-order valence-electron chi connectivity index (χ0n) is 7.90. The Kier molecular flexibility index (Phi) is 2.17. The Bertz CT molecular complexity index is 348. The fraction of sp³-hybridized carbons (Fsp3) is 0.444. The number of nitrogens with two attached hydrogens (primary N) is 1. The number of carbonyl (C=O) groups is 1. The third-order valence-electron chi connectivity index (χ3n) is 2.20. The van der Waals surface area contributed by atoms with E-state index in [2.05, 4.69) is 0 Å². The van der Waals surface area contributed by atoms with Gasteiger partial charge in [0.25, 0.3) is 0 Å². The molecule has 1 aromatic heterocycles. The number of carbonyl (C=O) groups excluding carboxylic acids is 1. The molecule has 0 aromatic carbocycles. The second-order valence-corrected chi connectivity index (χ2v) is 3.22. The number of hydrogen-bond acceptors (Lipinski definition) is 4. The summed E-state index contributed by atoms with van der Waals surface area (Å²) in [5.74, 6) is 1.26. The van der Waals surface area contributed by atoms with E-state index in [9.17, 15) is 4.79 Å². The van der Waals surface area contributed by atoms with Crippen molar-refractivity contribution in [3.8, 4) is 0 Å². The first-order valence-electron chi connectivity index (χ1n) is 4.45. The van der Waals surface area contributed by atoms with E-state index in [4.69, 9.17) is 14.9 Å². The summed E-state index contributed by atoms with van der Waals surface area (Å²) in [6.45, 7) is 2.52. The van der Waals surface area contributed by atoms with Crippen molar-refractivity contribution in [2.75, 3.05) is 18.1 Å². The van der Waals surface area contributed by atoms with Crippen LogP contribution in [0.3, 0.4) is 0 Å². The van der Waals surface area contributed by atoms with Crippen LogP contribution in [0, 0.1) is 6.92 Å². The summed E-state index contributed by atoms with van der Waals surface area (Å²) in [4.78, 5) is 12.8. The number of amides is 1. The number of ether oxygens (including phenoxy) is 1. The first-order chi connectivity index (χ1) is 6.72. The molecule has 0 bridgehead atoms. The average molecular weight is 196 g/mol. The molecular formula is C9H12N2O3. The van der Waals surface area contributed by atoms with Crippen LogP contribution in [0.15, 0.2) is 16.5 Å². The summed E-state index contributed by atoms with van der Waals surface area (Å²) in [7, 11) is 0. The lowest BCUT2D eigenvalue weighted by molar-refractivity contribution is 0.178. The predicted octanol–water partition coefficient (Wildman–Crippen LogP) is 0.872. The van der Waals surface area contributed by atoms with E-state index < -0.39 is 6.09 Å². The average Bonchev–Trinajstić information content (AvgIpc) is 2.71. The first-order valence-corrected chi connectivity index (χ1v) is 4.45. The van der Waals surface area contributed by atoms with Crippen LogP contribution in [0.4, 0.5) is 10.7 Å². The molecule has 76 valence electrons. The molecule has 14 heavy (non-hydrogen) atoms. The highest BCUT2D eigenvalue weighted by Crippen LogP contribution is 2.24. The maximum absolute atomic E-state index is 11.3. The van der Waals surface area contributed by atoms with Gasteiger partial charge in [0.05, 0.1) is 6.04 Å². The largest absolute Gasteiger partial charge is 0.447 e. The third-order valence-corrected chi connectivity index (χ3v) is 2.20. The van der Waals surface area contributed by atoms with Crippen molar-refractivity contribution in [2.45, 2.75) is 13.0 Å². The van der Waals surface area contributed by atoms with Gasteiger partial charge in [-0.1, -0.05) is 0 Å². The summed E-state index contributed by atoms with van der Waals surface area (Å²) < 4.78 is 10.2. The molecule has 5 heteroatoms. The Morgan fingerprint density at radius 2 is 2.43 bits per heavy atom. The molecule has 2 heterocycles. The SMILES string of the molecule is Cc1ccc(N2C(=O)OCC2CN)o1. The predicted molar refractivity (Wildman–Crippen MR) is 50.1 cm³/mol. The number of furan rings is 1. The molecule has 1 amide bonds. The van der Waals surface area contributed by atoms with E-state index in [1.165, 1.54) is 4.90 Å². The van der Waals surface area contributed by atoms with E-state index in [-0.39, 0.29) is 6.04 Å². The number of hydrogen-bond donors (Lipinski definition) is 1. The van der Waals surface area contributed by atoms with Gasteiger partial charge in [-0.2, -0.15) is 0 Å². The summed E-state index contributed by atoms with van der Waals surface area (Å²) in [5, 5.41) is 0. The molecule has 1 fully saturated rings. The molecule has 1 aliphatic rings. The second kappa shape index (κ2) is 3.34. The highest BCUT2D eigenvalue weighted by molar-refractivity contribution is 5.88. The van der Waals surface area contributed by atoms with Gasteiger partial charge in [-0.05, 0) is 13.0 Å². The van der Waals surface area contributed by atoms with Crippen LogP contribution in [-0.4, -0.2) is 25.3 Å². The van der Waals surface area contributed by atoms with Crippen LogP contribution in [0.25, 0.3) is 0 Å². The molecule has 1 saturated heterocycles. The van der Waals surface area contributed by atoms with E-state index in [1.54, 1.807) is 12.1 Å². The van der Waals surface area contributed by atoms with Crippen LogP contribution >= 0.6 is 0 Å². The maximum atomic E-state index is 11.3. The second-order valence-electron chi connectivity index (χ2n) is 3.22. The molecule has 0 spiro atoms. The van der Waals surface area contributed by atoms with Gasteiger partial charge in [0.2, 0.25) is 5.88 Å². The van der Waals surface area contributed by atoms with Gasteiger partial charge in [-0.15, -0.1) is 0 Å². The van der Waals surface area contributed by atoms with Crippen molar-refractivity contribution in [1.29, 1.82) is 0 Å². The van der Waals surface area contributed by atoms with Crippen molar-refractivity contribution in [2.24, 2.45) is 5.73 Å². The van der Waals surface area contributed by atoms with Crippen molar-refractivity contribution in [1.82, 2.24) is 0 Å². The lowest BCUT2D eigenvalue weighted by atomic mass is 10.3. The van der Waals surface area contributed by atoms with Crippen molar-refractivity contribution >= 4 is 12.0 Å². The van der Waals surface area contributed by atoms with Crippen LogP contribution in [-0.2, 0) is 4.74 Å². The van der Waals surface area contributed by atoms with Gasteiger partial charge in [0, 0.05) is 12.6 Å². The molecule has 1 unspecified atom stereocenters. The van der Waals surface area contributed by atoms with Gasteiger partial charge >= 0.3 is 6.09 Å². The van der Waals surface area contributed by atoms with Gasteiger partial charge in [0.1, 0.15) is 12.4 Å². The van der Waals surface area contributed by atoms with Gasteiger partial charge in [0.15, 0.2) is 0 Å². The topological polar surface area (TPSA) is 68.7 Å². The Labute approximate surface area is 81.4 Å². The Morgan fingerprint density at radius 1 is 1.64 bits per heavy atom. The minimum Gasteiger partial charge on any atom is -0.447 e. The minimum atomic E-state index is -0.394. The molecular weight excluding hydrogens is 184 g/mol. The van der Waals surface area contributed by atoms with Crippen LogP contribution in [0.5, 0.6) is 0 Å². The standard InChI is InChI=1S/C9H12N2O3/c1-6-2-3-8(14-6)11-7(4-10)5-13-9(11)12/h2-3,7H,4-5,10H2,1H3. The number of anilines is 1. The molecule has 1 aliphatic heterocycles. The number of cyclic esters (lactones) is 1. The zero-order chi connectivity index (χ0) is 10.1. The van der Waals surface area contributed by atoms with Gasteiger partial charge < -0.3 is 14.9 Å². The Balaban J connectivity index is 2.27. The Hall–Kier alpha value is -1.49. The fourth-order valence-electron chi connectivity index (χ4n) is 1.46. The summed E-state index contributed by atoms with van der Waals surface area (Å²) in [6, 6.07) is 3.42. The van der Waals surface area contributed by atoms with E-state index in [0.29, 0.717) is 19.0 Å². The van der Waals surface area contributed by atoms with Crippen LogP contribution < -0.4 is 10.6 Å². The Morgan fingerprint density at radius 3 is 3.00 bits per heavy atom. The summed E-state index contributed by atoms with van der Waals surface area (Å²) >= 11 is 0. The van der Waals surface area contributed by atoms with Crippen LogP contribution in [0.1, 0.15) is 5.76 Å². The maximum Gasteiger partial charge on any atom is 0.417 e. The molecule has 1 atom stereocenters. The normalized spacial score (nSPS) is 21.4. The quantitative estimate of drug-likeness (QED) is 0.762. The highest BCUT2D eigenvalue weighted by atomic mass is 16.6. The number of rotatable bonds is 2. The minimum absolute atomic E-state index is 0.118. The monoisotopic (exact) mass is 196 g/mol.